The van der Waals surface area contributed by atoms with Crippen LogP contribution in [0.2, 0.25) is 0 Å². The molecule has 0 saturated carbocycles. The lowest BCUT2D eigenvalue weighted by Gasteiger charge is -2.25. The molecule has 1 aliphatic heterocycles. The third kappa shape index (κ3) is 3.44. The number of rotatable bonds is 4. The van der Waals surface area contributed by atoms with Crippen molar-refractivity contribution < 1.29 is 18.8 Å². The molecule has 0 spiro atoms. The van der Waals surface area contributed by atoms with Crippen molar-refractivity contribution in [2.75, 3.05) is 0 Å². The minimum atomic E-state index is -0.790. The molecule has 0 aromatic carbocycles. The highest BCUT2D eigenvalue weighted by atomic mass is 32.1. The normalized spacial score (nSPS) is 15.4. The average Bonchev–Trinajstić information content (AvgIpc) is 3.42. The number of furan rings is 1. The van der Waals surface area contributed by atoms with Gasteiger partial charge in [-0.2, -0.15) is 5.26 Å². The smallest absolute Gasteiger partial charge is 0.331 e. The van der Waals surface area contributed by atoms with E-state index < -0.39 is 17.8 Å². The van der Waals surface area contributed by atoms with Crippen LogP contribution in [0.15, 0.2) is 34.5 Å². The highest BCUT2D eigenvalue weighted by molar-refractivity contribution is 7.14. The quantitative estimate of drug-likeness (QED) is 0.481. The summed E-state index contributed by atoms with van der Waals surface area (Å²) in [7, 11) is 0. The summed E-state index contributed by atoms with van der Waals surface area (Å²) >= 11 is 1.52. The Labute approximate surface area is 188 Å². The molecule has 1 aliphatic rings. The van der Waals surface area contributed by atoms with Gasteiger partial charge in [-0.1, -0.05) is 0 Å². The molecule has 9 heteroatoms. The number of nitrogens with one attached hydrogen (secondary N) is 1. The standard InChI is InChI=1S/C23H20N4O4S/c1-12-8-16(14(3)27(12)22-19(10-24)13(2)15(4)32-22)9-18-20(28)25-23(30)26(21(18)29)11-17-6-5-7-31-17/h5-9H,11H2,1-4H3,(H,25,28,30). The number of carbonyl (C=O) groups is 3. The Morgan fingerprint density at radius 1 is 1.22 bits per heavy atom. The highest BCUT2D eigenvalue weighted by Gasteiger charge is 2.36. The molecule has 4 heterocycles. The fraction of sp³-hybridized carbons (Fsp3) is 0.217. The second-order valence-corrected chi connectivity index (χ2v) is 8.73. The van der Waals surface area contributed by atoms with Crippen LogP contribution in [0.3, 0.4) is 0 Å². The zero-order valence-corrected chi connectivity index (χ0v) is 18.8. The molecule has 0 radical (unpaired) electrons. The average molecular weight is 449 g/mol. The number of hydrogen-bond acceptors (Lipinski definition) is 6. The Balaban J connectivity index is 1.75. The van der Waals surface area contributed by atoms with Crippen molar-refractivity contribution in [1.82, 2.24) is 14.8 Å². The summed E-state index contributed by atoms with van der Waals surface area (Å²) in [6.45, 7) is 7.57. The van der Waals surface area contributed by atoms with E-state index in [4.69, 9.17) is 4.42 Å². The summed E-state index contributed by atoms with van der Waals surface area (Å²) in [5, 5.41) is 12.7. The van der Waals surface area contributed by atoms with Gasteiger partial charge in [-0.25, -0.2) is 4.79 Å². The third-order valence-corrected chi connectivity index (χ3v) is 6.72. The number of nitrogens with zero attached hydrogens (tertiary/aromatic N) is 3. The van der Waals surface area contributed by atoms with Crippen LogP contribution < -0.4 is 5.32 Å². The summed E-state index contributed by atoms with van der Waals surface area (Å²) < 4.78 is 7.18. The first-order valence-electron chi connectivity index (χ1n) is 9.83. The van der Waals surface area contributed by atoms with Gasteiger partial charge >= 0.3 is 6.03 Å². The molecule has 1 N–H and O–H groups in total. The van der Waals surface area contributed by atoms with E-state index in [0.29, 0.717) is 16.9 Å². The zero-order valence-electron chi connectivity index (χ0n) is 18.0. The predicted molar refractivity (Wildman–Crippen MR) is 118 cm³/mol. The van der Waals surface area contributed by atoms with Crippen LogP contribution >= 0.6 is 11.3 Å². The van der Waals surface area contributed by atoms with E-state index in [2.05, 4.69) is 11.4 Å². The number of amides is 4. The molecule has 1 fully saturated rings. The molecule has 0 unspecified atom stereocenters. The van der Waals surface area contributed by atoms with Crippen LogP contribution in [-0.4, -0.2) is 27.3 Å². The maximum absolute atomic E-state index is 13.0. The molecule has 0 aliphatic carbocycles. The fourth-order valence-electron chi connectivity index (χ4n) is 3.70. The summed E-state index contributed by atoms with van der Waals surface area (Å²) in [5.41, 5.74) is 3.70. The molecular weight excluding hydrogens is 428 g/mol. The molecular formula is C23H20N4O4S. The van der Waals surface area contributed by atoms with Crippen LogP contribution in [0.25, 0.3) is 11.1 Å². The Morgan fingerprint density at radius 2 is 1.97 bits per heavy atom. The summed E-state index contributed by atoms with van der Waals surface area (Å²) in [6, 6.07) is 6.64. The van der Waals surface area contributed by atoms with E-state index in [-0.39, 0.29) is 12.1 Å². The molecule has 1 saturated heterocycles. The van der Waals surface area contributed by atoms with E-state index in [9.17, 15) is 19.6 Å². The third-order valence-electron chi connectivity index (χ3n) is 5.53. The van der Waals surface area contributed by atoms with Crippen molar-refractivity contribution in [3.8, 4) is 11.1 Å². The Bertz CT molecular complexity index is 1340. The van der Waals surface area contributed by atoms with Gasteiger partial charge in [0.05, 0.1) is 18.4 Å². The SMILES string of the molecule is Cc1sc(-n2c(C)cc(C=C3C(=O)NC(=O)N(Cc4ccco4)C3=O)c2C)c(C#N)c1C. The van der Waals surface area contributed by atoms with Crippen molar-refractivity contribution in [3.05, 3.63) is 68.8 Å². The van der Waals surface area contributed by atoms with Gasteiger partial charge < -0.3 is 8.98 Å². The largest absolute Gasteiger partial charge is 0.467 e. The Hall–Kier alpha value is -3.90. The van der Waals surface area contributed by atoms with Crippen molar-refractivity contribution in [1.29, 1.82) is 5.26 Å². The summed E-state index contributed by atoms with van der Waals surface area (Å²) in [4.78, 5) is 39.7. The van der Waals surface area contributed by atoms with E-state index in [1.165, 1.54) is 23.7 Å². The second-order valence-electron chi connectivity index (χ2n) is 7.53. The van der Waals surface area contributed by atoms with E-state index in [1.807, 2.05) is 38.3 Å². The van der Waals surface area contributed by atoms with Gasteiger partial charge in [-0.15, -0.1) is 11.3 Å². The number of aryl methyl sites for hydroxylation is 2. The minimum absolute atomic E-state index is 0.0828. The number of imide groups is 2. The maximum atomic E-state index is 13.0. The van der Waals surface area contributed by atoms with Crippen molar-refractivity contribution in [3.63, 3.8) is 0 Å². The Morgan fingerprint density at radius 3 is 2.62 bits per heavy atom. The zero-order chi connectivity index (χ0) is 23.2. The van der Waals surface area contributed by atoms with Gasteiger partial charge in [-0.05, 0) is 63.1 Å². The first kappa shape index (κ1) is 21.3. The number of urea groups is 1. The molecule has 4 rings (SSSR count). The maximum Gasteiger partial charge on any atom is 0.331 e. The molecule has 32 heavy (non-hydrogen) atoms. The molecule has 0 bridgehead atoms. The van der Waals surface area contributed by atoms with Gasteiger partial charge in [0.15, 0.2) is 0 Å². The lowest BCUT2D eigenvalue weighted by atomic mass is 10.1. The lowest BCUT2D eigenvalue weighted by Crippen LogP contribution is -2.53. The van der Waals surface area contributed by atoms with Gasteiger partial charge in [-0.3, -0.25) is 19.8 Å². The van der Waals surface area contributed by atoms with Crippen molar-refractivity contribution >= 4 is 35.3 Å². The first-order chi connectivity index (χ1) is 15.2. The van der Waals surface area contributed by atoms with Gasteiger partial charge in [0.25, 0.3) is 11.8 Å². The van der Waals surface area contributed by atoms with Crippen LogP contribution in [0.5, 0.6) is 0 Å². The number of nitriles is 1. The van der Waals surface area contributed by atoms with Crippen LogP contribution in [0.4, 0.5) is 4.79 Å². The number of carbonyl (C=O) groups excluding carboxylic acids is 3. The molecule has 4 amide bonds. The molecule has 0 atom stereocenters. The molecule has 3 aromatic heterocycles. The molecule has 3 aromatic rings. The fourth-order valence-corrected chi connectivity index (χ4v) is 4.91. The predicted octanol–water partition coefficient (Wildman–Crippen LogP) is 3.90. The van der Waals surface area contributed by atoms with E-state index in [0.717, 1.165) is 31.7 Å². The minimum Gasteiger partial charge on any atom is -0.467 e. The van der Waals surface area contributed by atoms with Crippen LogP contribution in [0.1, 0.15) is 38.7 Å². The Kier molecular flexibility index (Phi) is 5.32. The summed E-state index contributed by atoms with van der Waals surface area (Å²) in [6.07, 6.45) is 2.93. The topological polar surface area (TPSA) is 108 Å². The number of hydrogen-bond donors (Lipinski definition) is 1. The number of thiophene rings is 1. The monoisotopic (exact) mass is 448 g/mol. The van der Waals surface area contributed by atoms with E-state index >= 15 is 0 Å². The molecule has 162 valence electrons. The number of barbiturate groups is 1. The van der Waals surface area contributed by atoms with Gasteiger partial charge in [0, 0.05) is 16.3 Å². The number of aromatic nitrogens is 1. The van der Waals surface area contributed by atoms with E-state index in [1.54, 1.807) is 12.1 Å². The molecule has 8 nitrogen and oxygen atoms in total. The van der Waals surface area contributed by atoms with Gasteiger partial charge in [0.2, 0.25) is 0 Å². The van der Waals surface area contributed by atoms with Crippen molar-refractivity contribution in [2.24, 2.45) is 0 Å². The van der Waals surface area contributed by atoms with Crippen LogP contribution in [-0.2, 0) is 16.1 Å². The summed E-state index contributed by atoms with van der Waals surface area (Å²) in [5.74, 6) is -1.02. The van der Waals surface area contributed by atoms with Crippen molar-refractivity contribution in [2.45, 2.75) is 34.2 Å². The first-order valence-corrected chi connectivity index (χ1v) is 10.6. The second kappa shape index (κ2) is 7.98. The highest BCUT2D eigenvalue weighted by Crippen LogP contribution is 2.34. The lowest BCUT2D eigenvalue weighted by molar-refractivity contribution is -0.130. The van der Waals surface area contributed by atoms with Crippen LogP contribution in [0, 0.1) is 39.0 Å². The van der Waals surface area contributed by atoms with Gasteiger partial charge in [0.1, 0.15) is 22.4 Å².